The monoisotopic (exact) mass is 463 g/mol. The average molecular weight is 463 g/mol. The van der Waals surface area contributed by atoms with E-state index < -0.39 is 12.2 Å². The molecule has 2 amide bonds. The van der Waals surface area contributed by atoms with Gasteiger partial charge in [0.15, 0.2) is 0 Å². The third kappa shape index (κ3) is 7.86. The van der Waals surface area contributed by atoms with Gasteiger partial charge in [-0.2, -0.15) is 0 Å². The van der Waals surface area contributed by atoms with E-state index in [0.717, 1.165) is 22.4 Å². The van der Waals surface area contributed by atoms with Crippen LogP contribution in [0.1, 0.15) is 16.7 Å². The number of hydrogen-bond donors (Lipinski definition) is 3. The molecular weight excluding hydrogens is 438 g/mol. The highest BCUT2D eigenvalue weighted by atomic mass is 16.6. The Balaban J connectivity index is 1.39. The number of nitrogens with one attached hydrogen (secondary N) is 3. The van der Waals surface area contributed by atoms with Crippen molar-refractivity contribution >= 4 is 35.7 Å². The van der Waals surface area contributed by atoms with E-state index in [4.69, 9.17) is 9.47 Å². The molecule has 0 fully saturated rings. The first-order chi connectivity index (χ1) is 16.6. The molecule has 0 aliphatic carbocycles. The summed E-state index contributed by atoms with van der Waals surface area (Å²) in [6.07, 6.45) is -1.17. The Morgan fingerprint density at radius 2 is 1.03 bits per heavy atom. The topological polar surface area (TPSA) is 115 Å². The smallest absolute Gasteiger partial charge is 0.411 e. The number of amides is 2. The second-order valence-corrected chi connectivity index (χ2v) is 7.15. The molecule has 0 saturated heterocycles. The Morgan fingerprint density at radius 1 is 0.647 bits per heavy atom. The minimum atomic E-state index is -0.606. The first-order valence-corrected chi connectivity index (χ1v) is 10.4. The second-order valence-electron chi connectivity index (χ2n) is 7.15. The van der Waals surface area contributed by atoms with Crippen LogP contribution in [-0.4, -0.2) is 25.7 Å². The summed E-state index contributed by atoms with van der Waals surface area (Å²) >= 11 is 0. The summed E-state index contributed by atoms with van der Waals surface area (Å²) in [6.45, 7) is 0.766. The number of ether oxygens (including phenoxy) is 3. The molecule has 0 atom stereocenters. The predicted molar refractivity (Wildman–Crippen MR) is 127 cm³/mol. The van der Waals surface area contributed by atoms with E-state index >= 15 is 0 Å². The van der Waals surface area contributed by atoms with Gasteiger partial charge in [0.1, 0.15) is 19.8 Å². The molecule has 34 heavy (non-hydrogen) atoms. The molecule has 0 aliphatic heterocycles. The molecule has 3 rings (SSSR count). The quantitative estimate of drug-likeness (QED) is 0.289. The average Bonchev–Trinajstić information content (AvgIpc) is 2.87. The van der Waals surface area contributed by atoms with Crippen molar-refractivity contribution in [3.63, 3.8) is 0 Å². The molecule has 9 heteroatoms. The van der Waals surface area contributed by atoms with E-state index in [0.29, 0.717) is 17.8 Å². The zero-order valence-corrected chi connectivity index (χ0v) is 18.6. The second kappa shape index (κ2) is 12.5. The van der Waals surface area contributed by atoms with Crippen molar-refractivity contribution in [2.24, 2.45) is 0 Å². The molecule has 0 spiro atoms. The SMILES string of the molecule is CNc1ccc(COC(=O)Nc2ccc(COC(=O)Nc3ccc(COC=O)cc3)cc2)cc1. The van der Waals surface area contributed by atoms with Gasteiger partial charge in [-0.3, -0.25) is 15.4 Å². The van der Waals surface area contributed by atoms with Crippen LogP contribution in [-0.2, 0) is 38.8 Å². The third-order valence-electron chi connectivity index (χ3n) is 4.70. The van der Waals surface area contributed by atoms with Gasteiger partial charge in [0, 0.05) is 24.1 Å². The lowest BCUT2D eigenvalue weighted by atomic mass is 10.2. The molecule has 3 aromatic carbocycles. The highest BCUT2D eigenvalue weighted by Crippen LogP contribution is 2.14. The van der Waals surface area contributed by atoms with Crippen LogP contribution in [0.4, 0.5) is 26.7 Å². The fourth-order valence-corrected chi connectivity index (χ4v) is 2.87. The molecule has 0 aliphatic rings. The molecule has 0 radical (unpaired) electrons. The molecule has 3 N–H and O–H groups in total. The van der Waals surface area contributed by atoms with Gasteiger partial charge in [-0.15, -0.1) is 0 Å². The van der Waals surface area contributed by atoms with Crippen molar-refractivity contribution in [3.8, 4) is 0 Å². The lowest BCUT2D eigenvalue weighted by molar-refractivity contribution is -0.129. The van der Waals surface area contributed by atoms with Gasteiger partial charge in [0.2, 0.25) is 0 Å². The van der Waals surface area contributed by atoms with Crippen LogP contribution in [0.2, 0.25) is 0 Å². The first kappa shape index (κ1) is 24.1. The summed E-state index contributed by atoms with van der Waals surface area (Å²) in [5, 5.41) is 8.30. The summed E-state index contributed by atoms with van der Waals surface area (Å²) in [4.78, 5) is 34.2. The summed E-state index contributed by atoms with van der Waals surface area (Å²) in [6, 6.07) is 21.3. The van der Waals surface area contributed by atoms with Gasteiger partial charge in [-0.05, 0) is 53.1 Å². The molecule has 9 nitrogen and oxygen atoms in total. The van der Waals surface area contributed by atoms with Gasteiger partial charge >= 0.3 is 12.2 Å². The molecule has 0 heterocycles. The van der Waals surface area contributed by atoms with Crippen molar-refractivity contribution < 1.29 is 28.6 Å². The fourth-order valence-electron chi connectivity index (χ4n) is 2.87. The van der Waals surface area contributed by atoms with E-state index in [1.807, 2.05) is 31.3 Å². The zero-order valence-electron chi connectivity index (χ0n) is 18.6. The van der Waals surface area contributed by atoms with Crippen LogP contribution < -0.4 is 16.0 Å². The Morgan fingerprint density at radius 3 is 1.41 bits per heavy atom. The van der Waals surface area contributed by atoms with Crippen LogP contribution in [0.3, 0.4) is 0 Å². The van der Waals surface area contributed by atoms with E-state index in [1.54, 1.807) is 48.5 Å². The summed E-state index contributed by atoms with van der Waals surface area (Å²) in [7, 11) is 1.83. The van der Waals surface area contributed by atoms with Crippen molar-refractivity contribution in [2.45, 2.75) is 19.8 Å². The van der Waals surface area contributed by atoms with Gasteiger partial charge < -0.3 is 19.5 Å². The van der Waals surface area contributed by atoms with Crippen LogP contribution in [0, 0.1) is 0 Å². The summed E-state index contributed by atoms with van der Waals surface area (Å²) < 4.78 is 15.1. The van der Waals surface area contributed by atoms with Crippen molar-refractivity contribution in [3.05, 3.63) is 89.5 Å². The van der Waals surface area contributed by atoms with Gasteiger partial charge in [-0.1, -0.05) is 36.4 Å². The summed E-state index contributed by atoms with van der Waals surface area (Å²) in [5.41, 5.74) is 4.51. The standard InChI is InChI=1S/C25H25N3O6/c1-26-21-8-2-19(3-9-21)15-33-25(31)28-23-12-6-20(7-13-23)16-34-24(30)27-22-10-4-18(5-11-22)14-32-17-29/h2-13,17,26H,14-16H2,1H3,(H,27,30)(H,28,31). The summed E-state index contributed by atoms with van der Waals surface area (Å²) in [5.74, 6) is 0. The molecule has 176 valence electrons. The molecule has 0 aromatic heterocycles. The Kier molecular flexibility index (Phi) is 8.86. The van der Waals surface area contributed by atoms with E-state index in [9.17, 15) is 14.4 Å². The number of hydrogen-bond acceptors (Lipinski definition) is 7. The number of benzene rings is 3. The normalized spacial score (nSPS) is 10.0. The molecule has 3 aromatic rings. The maximum atomic E-state index is 12.0. The Bertz CT molecular complexity index is 1080. The number of carbonyl (C=O) groups is 3. The van der Waals surface area contributed by atoms with Gasteiger partial charge in [0.05, 0.1) is 0 Å². The zero-order chi connectivity index (χ0) is 24.2. The highest BCUT2D eigenvalue weighted by molar-refractivity contribution is 5.85. The van der Waals surface area contributed by atoms with E-state index in [2.05, 4.69) is 20.7 Å². The maximum absolute atomic E-state index is 12.0. The largest absolute Gasteiger partial charge is 0.463 e. The molecule has 0 unspecified atom stereocenters. The minimum absolute atomic E-state index is 0.0600. The lowest BCUT2D eigenvalue weighted by Gasteiger charge is -2.10. The maximum Gasteiger partial charge on any atom is 0.411 e. The van der Waals surface area contributed by atoms with E-state index in [-0.39, 0.29) is 19.8 Å². The minimum Gasteiger partial charge on any atom is -0.463 e. The van der Waals surface area contributed by atoms with Crippen LogP contribution in [0.25, 0.3) is 0 Å². The van der Waals surface area contributed by atoms with Crippen LogP contribution in [0.15, 0.2) is 72.8 Å². The third-order valence-corrected chi connectivity index (χ3v) is 4.70. The van der Waals surface area contributed by atoms with Crippen molar-refractivity contribution in [2.75, 3.05) is 23.0 Å². The molecular formula is C25H25N3O6. The number of carbonyl (C=O) groups excluding carboxylic acids is 3. The molecule has 0 saturated carbocycles. The highest BCUT2D eigenvalue weighted by Gasteiger charge is 2.07. The number of rotatable bonds is 10. The Hall–Kier alpha value is -4.53. The molecule has 0 bridgehead atoms. The van der Waals surface area contributed by atoms with Gasteiger partial charge in [-0.25, -0.2) is 9.59 Å². The fraction of sp³-hybridized carbons (Fsp3) is 0.160. The Labute approximate surface area is 197 Å². The van der Waals surface area contributed by atoms with Crippen LogP contribution in [0.5, 0.6) is 0 Å². The lowest BCUT2D eigenvalue weighted by Crippen LogP contribution is -2.14. The first-order valence-electron chi connectivity index (χ1n) is 10.4. The van der Waals surface area contributed by atoms with Crippen molar-refractivity contribution in [1.29, 1.82) is 0 Å². The van der Waals surface area contributed by atoms with Crippen LogP contribution >= 0.6 is 0 Å². The predicted octanol–water partition coefficient (Wildman–Crippen LogP) is 4.90. The van der Waals surface area contributed by atoms with Crippen molar-refractivity contribution in [1.82, 2.24) is 0 Å². The number of anilines is 3. The van der Waals surface area contributed by atoms with E-state index in [1.165, 1.54) is 0 Å². The van der Waals surface area contributed by atoms with Gasteiger partial charge in [0.25, 0.3) is 6.47 Å².